The lowest BCUT2D eigenvalue weighted by atomic mass is 9.93. The number of pyridine rings is 2. The number of H-pyrrole nitrogens is 2. The second kappa shape index (κ2) is 7.38. The summed E-state index contributed by atoms with van der Waals surface area (Å²) in [5.74, 6) is 0.315. The Bertz CT molecular complexity index is 1430. The minimum absolute atomic E-state index is 0.161. The Balaban J connectivity index is 1.47. The van der Waals surface area contributed by atoms with Crippen LogP contribution < -0.4 is 5.32 Å². The molecule has 1 aliphatic rings. The molecule has 5 aromatic rings. The lowest BCUT2D eigenvalue weighted by Crippen LogP contribution is -2.27. The van der Waals surface area contributed by atoms with Gasteiger partial charge in [-0.15, -0.1) is 0 Å². The second-order valence-corrected chi connectivity index (χ2v) is 8.09. The maximum absolute atomic E-state index is 13.9. The third kappa shape index (κ3) is 3.18. The van der Waals surface area contributed by atoms with E-state index in [0.29, 0.717) is 34.2 Å². The van der Waals surface area contributed by atoms with Crippen molar-refractivity contribution >= 4 is 21.9 Å². The number of halogens is 1. The molecule has 1 aromatic carbocycles. The predicted octanol–water partition coefficient (Wildman–Crippen LogP) is 3.87. The summed E-state index contributed by atoms with van der Waals surface area (Å²) in [4.78, 5) is 17.1. The van der Waals surface area contributed by atoms with Gasteiger partial charge in [-0.2, -0.15) is 5.10 Å². The molecule has 1 aliphatic heterocycles. The van der Waals surface area contributed by atoms with Gasteiger partial charge in [0, 0.05) is 34.8 Å². The normalized spacial score (nSPS) is 15.0. The quantitative estimate of drug-likeness (QED) is 0.346. The van der Waals surface area contributed by atoms with Crippen LogP contribution in [0.2, 0.25) is 0 Å². The molecule has 8 nitrogen and oxygen atoms in total. The molecule has 0 bridgehead atoms. The van der Waals surface area contributed by atoms with Crippen LogP contribution in [0.1, 0.15) is 24.5 Å². The predicted molar refractivity (Wildman–Crippen MR) is 119 cm³/mol. The highest BCUT2D eigenvalue weighted by Crippen LogP contribution is 2.33. The zero-order valence-electron chi connectivity index (χ0n) is 17.1. The summed E-state index contributed by atoms with van der Waals surface area (Å²) in [7, 11) is 0. The van der Waals surface area contributed by atoms with Crippen LogP contribution >= 0.6 is 0 Å². The topological polar surface area (TPSA) is 115 Å². The highest BCUT2D eigenvalue weighted by molar-refractivity contribution is 5.95. The van der Waals surface area contributed by atoms with Crippen LogP contribution in [0.5, 0.6) is 5.75 Å². The smallest absolute Gasteiger partial charge is 0.159 e. The first-order chi connectivity index (χ1) is 15.7. The van der Waals surface area contributed by atoms with Crippen LogP contribution in [-0.4, -0.2) is 48.3 Å². The molecule has 32 heavy (non-hydrogen) atoms. The summed E-state index contributed by atoms with van der Waals surface area (Å²) in [5.41, 5.74) is 4.87. The van der Waals surface area contributed by atoms with Gasteiger partial charge in [-0.05, 0) is 50.2 Å². The Morgan fingerprint density at radius 2 is 1.88 bits per heavy atom. The Morgan fingerprint density at radius 3 is 2.72 bits per heavy atom. The van der Waals surface area contributed by atoms with E-state index in [0.717, 1.165) is 54.1 Å². The molecular formula is C23H20FN7O. The average Bonchev–Trinajstić information content (AvgIpc) is 3.42. The standard InChI is InChI=1S/C23H20FN7O/c24-14-7-13(8-15(32)9-14)20-22-17(3-6-26-20)28-23(29-22)21-16-10-18(12-1-4-25-5-2-12)27-11-19(16)30-31-21/h3,6-12,25,32H,1-2,4-5H2,(H,28,29)(H,30,31). The van der Waals surface area contributed by atoms with Crippen molar-refractivity contribution in [2.75, 3.05) is 13.1 Å². The average molecular weight is 429 g/mol. The van der Waals surface area contributed by atoms with Gasteiger partial charge in [-0.1, -0.05) is 0 Å². The summed E-state index contributed by atoms with van der Waals surface area (Å²) in [6, 6.07) is 7.77. The lowest BCUT2D eigenvalue weighted by Gasteiger charge is -2.21. The third-order valence-electron chi connectivity index (χ3n) is 6.01. The number of benzene rings is 1. The first-order valence-corrected chi connectivity index (χ1v) is 10.6. The maximum Gasteiger partial charge on any atom is 0.159 e. The van der Waals surface area contributed by atoms with Crippen LogP contribution in [0.3, 0.4) is 0 Å². The van der Waals surface area contributed by atoms with Gasteiger partial charge in [0.15, 0.2) is 5.82 Å². The van der Waals surface area contributed by atoms with E-state index in [2.05, 4.69) is 36.5 Å². The number of aromatic hydroxyl groups is 1. The molecular weight excluding hydrogens is 409 g/mol. The summed E-state index contributed by atoms with van der Waals surface area (Å²) in [5, 5.41) is 21.7. The van der Waals surface area contributed by atoms with Crippen molar-refractivity contribution in [3.05, 3.63) is 54.2 Å². The monoisotopic (exact) mass is 429 g/mol. The van der Waals surface area contributed by atoms with Crippen LogP contribution in [0, 0.1) is 5.82 Å². The number of nitrogens with one attached hydrogen (secondary N) is 3. The minimum atomic E-state index is -0.536. The van der Waals surface area contributed by atoms with E-state index in [1.165, 1.54) is 12.1 Å². The van der Waals surface area contributed by atoms with Gasteiger partial charge in [0.1, 0.15) is 22.8 Å². The first kappa shape index (κ1) is 18.9. The summed E-state index contributed by atoms with van der Waals surface area (Å²) < 4.78 is 13.9. The molecule has 0 atom stereocenters. The molecule has 160 valence electrons. The van der Waals surface area contributed by atoms with E-state index in [4.69, 9.17) is 4.98 Å². The van der Waals surface area contributed by atoms with E-state index >= 15 is 0 Å². The fourth-order valence-corrected chi connectivity index (χ4v) is 4.42. The number of fused-ring (bicyclic) bond motifs is 2. The zero-order chi connectivity index (χ0) is 21.7. The molecule has 6 rings (SSSR count). The largest absolute Gasteiger partial charge is 0.508 e. The van der Waals surface area contributed by atoms with Gasteiger partial charge < -0.3 is 15.4 Å². The van der Waals surface area contributed by atoms with Crippen LogP contribution in [-0.2, 0) is 0 Å². The highest BCUT2D eigenvalue weighted by Gasteiger charge is 2.20. The maximum atomic E-state index is 13.9. The van der Waals surface area contributed by atoms with E-state index in [-0.39, 0.29) is 5.75 Å². The molecule has 1 fully saturated rings. The fraction of sp³-hybridized carbons (Fsp3) is 0.217. The fourth-order valence-electron chi connectivity index (χ4n) is 4.42. The van der Waals surface area contributed by atoms with Gasteiger partial charge in [0.05, 0.1) is 22.9 Å². The number of hydrogen-bond acceptors (Lipinski definition) is 6. The van der Waals surface area contributed by atoms with Gasteiger partial charge in [0.25, 0.3) is 0 Å². The summed E-state index contributed by atoms with van der Waals surface area (Å²) >= 11 is 0. The van der Waals surface area contributed by atoms with Gasteiger partial charge in [-0.3, -0.25) is 15.1 Å². The molecule has 9 heteroatoms. The molecule has 1 saturated heterocycles. The van der Waals surface area contributed by atoms with E-state index in [9.17, 15) is 9.50 Å². The molecule has 0 radical (unpaired) electrons. The Labute approximate surface area is 182 Å². The lowest BCUT2D eigenvalue weighted by molar-refractivity contribution is 0.453. The molecule has 0 saturated carbocycles. The van der Waals surface area contributed by atoms with Crippen molar-refractivity contribution in [1.29, 1.82) is 0 Å². The molecule has 0 unspecified atom stereocenters. The van der Waals surface area contributed by atoms with Crippen LogP contribution in [0.4, 0.5) is 4.39 Å². The number of rotatable bonds is 3. The van der Waals surface area contributed by atoms with Crippen molar-refractivity contribution in [3.8, 4) is 28.5 Å². The first-order valence-electron chi connectivity index (χ1n) is 10.6. The molecule has 0 spiro atoms. The number of piperidine rings is 1. The van der Waals surface area contributed by atoms with Crippen molar-refractivity contribution in [3.63, 3.8) is 0 Å². The van der Waals surface area contributed by atoms with Crippen molar-refractivity contribution in [2.45, 2.75) is 18.8 Å². The number of imidazole rings is 1. The molecule has 0 aliphatic carbocycles. The van der Waals surface area contributed by atoms with Gasteiger partial charge in [0.2, 0.25) is 0 Å². The van der Waals surface area contributed by atoms with E-state index in [1.807, 2.05) is 12.3 Å². The number of phenolic OH excluding ortho intramolecular Hbond substituents is 1. The van der Waals surface area contributed by atoms with E-state index < -0.39 is 5.82 Å². The minimum Gasteiger partial charge on any atom is -0.508 e. The number of aromatic nitrogens is 6. The molecule has 4 N–H and O–H groups in total. The SMILES string of the molecule is Oc1cc(F)cc(-c2nccc3[nH]c(-c4n[nH]c5cnc(C6CCNCC6)cc45)nc23)c1. The third-order valence-corrected chi connectivity index (χ3v) is 6.01. The Kier molecular flexibility index (Phi) is 4.36. The molecule has 4 aromatic heterocycles. The zero-order valence-corrected chi connectivity index (χ0v) is 17.1. The molecule has 0 amide bonds. The number of phenols is 1. The number of hydrogen-bond donors (Lipinski definition) is 4. The van der Waals surface area contributed by atoms with Crippen molar-refractivity contribution in [2.24, 2.45) is 0 Å². The van der Waals surface area contributed by atoms with E-state index in [1.54, 1.807) is 6.20 Å². The second-order valence-electron chi connectivity index (χ2n) is 8.09. The number of aromatic amines is 2. The Morgan fingerprint density at radius 1 is 1.00 bits per heavy atom. The van der Waals surface area contributed by atoms with Crippen LogP contribution in [0.25, 0.3) is 44.7 Å². The summed E-state index contributed by atoms with van der Waals surface area (Å²) in [6.45, 7) is 2.00. The number of nitrogens with zero attached hydrogens (tertiary/aromatic N) is 4. The van der Waals surface area contributed by atoms with Crippen molar-refractivity contribution in [1.82, 2.24) is 35.5 Å². The van der Waals surface area contributed by atoms with Gasteiger partial charge in [-0.25, -0.2) is 9.37 Å². The Hall–Kier alpha value is -3.85. The van der Waals surface area contributed by atoms with Crippen LogP contribution in [0.15, 0.2) is 42.7 Å². The summed E-state index contributed by atoms with van der Waals surface area (Å²) in [6.07, 6.45) is 5.58. The molecule has 5 heterocycles. The highest BCUT2D eigenvalue weighted by atomic mass is 19.1. The van der Waals surface area contributed by atoms with Crippen molar-refractivity contribution < 1.29 is 9.50 Å². The van der Waals surface area contributed by atoms with Gasteiger partial charge >= 0.3 is 0 Å².